The number of carbonyl (C=O) groups is 1. The van der Waals surface area contributed by atoms with Crippen LogP contribution in [0.3, 0.4) is 0 Å². The maximum Gasteiger partial charge on any atom is 0.338 e. The summed E-state index contributed by atoms with van der Waals surface area (Å²) in [5.41, 5.74) is 0.368. The van der Waals surface area contributed by atoms with Gasteiger partial charge < -0.3 is 14.5 Å². The number of rotatable bonds is 5. The molecule has 174 valence electrons. The molecule has 0 amide bonds. The van der Waals surface area contributed by atoms with Crippen molar-refractivity contribution in [3.05, 3.63) is 70.3 Å². The summed E-state index contributed by atoms with van der Waals surface area (Å²) in [6.07, 6.45) is -1.21. The molecule has 1 aromatic heterocycles. The standard InChI is InChI=1S/C23H25N3O6S/c1-14-12-26(13-15(2)31-14)33(29,30)18-10-8-17(9-11-18)23(28)32-16(3)21-24-20-7-5-4-6-19(20)22(27)25-21/h4-11,14-16H,12-13H2,1-3H3,(H,24,25,27)/t14-,15-,16+/m1/s1. The Labute approximate surface area is 191 Å². The van der Waals surface area contributed by atoms with E-state index in [1.54, 1.807) is 31.2 Å². The molecular weight excluding hydrogens is 446 g/mol. The number of esters is 1. The summed E-state index contributed by atoms with van der Waals surface area (Å²) in [6, 6.07) is 12.5. The predicted octanol–water partition coefficient (Wildman–Crippen LogP) is 2.64. The van der Waals surface area contributed by atoms with E-state index >= 15 is 0 Å². The second-order valence-corrected chi connectivity index (χ2v) is 10.1. The smallest absolute Gasteiger partial charge is 0.338 e. The van der Waals surface area contributed by atoms with Gasteiger partial charge in [0.05, 0.1) is 33.6 Å². The van der Waals surface area contributed by atoms with E-state index in [0.29, 0.717) is 10.9 Å². The fraction of sp³-hybridized carbons (Fsp3) is 0.348. The maximum atomic E-state index is 13.0. The molecule has 0 aliphatic carbocycles. The number of nitrogens with zero attached hydrogens (tertiary/aromatic N) is 2. The number of sulfonamides is 1. The average molecular weight is 472 g/mol. The molecule has 1 fully saturated rings. The zero-order valence-electron chi connectivity index (χ0n) is 18.5. The molecule has 1 aliphatic heterocycles. The van der Waals surface area contributed by atoms with Gasteiger partial charge in [-0.25, -0.2) is 18.2 Å². The van der Waals surface area contributed by atoms with Gasteiger partial charge in [-0.05, 0) is 57.2 Å². The van der Waals surface area contributed by atoms with Crippen LogP contribution < -0.4 is 5.56 Å². The highest BCUT2D eigenvalue weighted by Gasteiger charge is 2.32. The first-order valence-electron chi connectivity index (χ1n) is 10.6. The first kappa shape index (κ1) is 23.1. The monoisotopic (exact) mass is 471 g/mol. The molecule has 0 saturated carbocycles. The summed E-state index contributed by atoms with van der Waals surface area (Å²) in [7, 11) is -3.71. The number of fused-ring (bicyclic) bond motifs is 1. The Bertz CT molecular complexity index is 1330. The minimum atomic E-state index is -3.71. The lowest BCUT2D eigenvalue weighted by atomic mass is 10.2. The number of nitrogens with one attached hydrogen (secondary N) is 1. The average Bonchev–Trinajstić information content (AvgIpc) is 2.78. The highest BCUT2D eigenvalue weighted by atomic mass is 32.2. The van der Waals surface area contributed by atoms with E-state index in [1.165, 1.54) is 28.6 Å². The van der Waals surface area contributed by atoms with E-state index in [0.717, 1.165) is 0 Å². The molecule has 2 heterocycles. The maximum absolute atomic E-state index is 13.0. The normalized spacial score (nSPS) is 20.5. The molecule has 0 spiro atoms. The van der Waals surface area contributed by atoms with Crippen molar-refractivity contribution < 1.29 is 22.7 Å². The number of carbonyl (C=O) groups excluding carboxylic acids is 1. The summed E-state index contributed by atoms with van der Waals surface area (Å²) in [5, 5.41) is 0.445. The molecule has 1 N–H and O–H groups in total. The van der Waals surface area contributed by atoms with E-state index in [-0.39, 0.29) is 47.1 Å². The molecule has 3 atom stereocenters. The Balaban J connectivity index is 1.49. The number of aromatic amines is 1. The molecule has 0 bridgehead atoms. The number of aromatic nitrogens is 2. The van der Waals surface area contributed by atoms with Crippen LogP contribution in [-0.4, -0.2) is 54.0 Å². The third-order valence-electron chi connectivity index (χ3n) is 5.41. The molecule has 33 heavy (non-hydrogen) atoms. The molecular formula is C23H25N3O6S. The molecule has 0 unspecified atom stereocenters. The number of hydrogen-bond donors (Lipinski definition) is 1. The van der Waals surface area contributed by atoms with Gasteiger partial charge in [-0.3, -0.25) is 4.79 Å². The number of para-hydroxylation sites is 1. The molecule has 1 saturated heterocycles. The zero-order valence-corrected chi connectivity index (χ0v) is 19.3. The quantitative estimate of drug-likeness (QED) is 0.568. The number of benzene rings is 2. The first-order valence-corrected chi connectivity index (χ1v) is 12.0. The number of morpholine rings is 1. The van der Waals surface area contributed by atoms with E-state index in [9.17, 15) is 18.0 Å². The molecule has 1 aliphatic rings. The first-order chi connectivity index (χ1) is 15.6. The SMILES string of the molecule is C[C@@H]1CN(S(=O)(=O)c2ccc(C(=O)O[C@@H](C)c3nc4ccccc4c(=O)[nH]3)cc2)C[C@@H](C)O1. The lowest BCUT2D eigenvalue weighted by Crippen LogP contribution is -2.48. The Morgan fingerprint density at radius 2 is 1.76 bits per heavy atom. The van der Waals surface area contributed by atoms with Crippen molar-refractivity contribution in [2.75, 3.05) is 13.1 Å². The Hall–Kier alpha value is -3.08. The van der Waals surface area contributed by atoms with Gasteiger partial charge in [0.25, 0.3) is 5.56 Å². The van der Waals surface area contributed by atoms with Gasteiger partial charge in [-0.1, -0.05) is 12.1 Å². The summed E-state index contributed by atoms with van der Waals surface area (Å²) in [4.78, 5) is 32.0. The molecule has 10 heteroatoms. The molecule has 9 nitrogen and oxygen atoms in total. The molecule has 2 aromatic carbocycles. The second-order valence-electron chi connectivity index (χ2n) is 8.12. The number of ether oxygens (including phenoxy) is 2. The third kappa shape index (κ3) is 4.82. The van der Waals surface area contributed by atoms with Crippen LogP contribution in [0.5, 0.6) is 0 Å². The van der Waals surface area contributed by atoms with Crippen molar-refractivity contribution in [3.63, 3.8) is 0 Å². The van der Waals surface area contributed by atoms with Crippen LogP contribution in [0.15, 0.2) is 58.2 Å². The van der Waals surface area contributed by atoms with E-state index < -0.39 is 22.1 Å². The van der Waals surface area contributed by atoms with Gasteiger partial charge in [0.1, 0.15) is 0 Å². The van der Waals surface area contributed by atoms with Crippen LogP contribution in [0.1, 0.15) is 43.1 Å². The highest BCUT2D eigenvalue weighted by Crippen LogP contribution is 2.22. The van der Waals surface area contributed by atoms with Crippen molar-refractivity contribution in [3.8, 4) is 0 Å². The van der Waals surface area contributed by atoms with Crippen LogP contribution in [0.4, 0.5) is 0 Å². The van der Waals surface area contributed by atoms with Gasteiger partial charge in [0, 0.05) is 13.1 Å². The minimum Gasteiger partial charge on any atom is -0.451 e. The molecule has 4 rings (SSSR count). The summed E-state index contributed by atoms with van der Waals surface area (Å²) < 4.78 is 38.4. The van der Waals surface area contributed by atoms with Crippen LogP contribution in [-0.2, 0) is 19.5 Å². The summed E-state index contributed by atoms with van der Waals surface area (Å²) >= 11 is 0. The topological polar surface area (TPSA) is 119 Å². The Kier molecular flexibility index (Phi) is 6.33. The van der Waals surface area contributed by atoms with Gasteiger partial charge in [0.2, 0.25) is 10.0 Å². The van der Waals surface area contributed by atoms with Crippen molar-refractivity contribution in [2.45, 2.75) is 44.0 Å². The van der Waals surface area contributed by atoms with Crippen molar-refractivity contribution >= 4 is 26.9 Å². The van der Waals surface area contributed by atoms with Gasteiger partial charge in [-0.2, -0.15) is 4.31 Å². The largest absolute Gasteiger partial charge is 0.451 e. The fourth-order valence-corrected chi connectivity index (χ4v) is 5.41. The number of hydrogen-bond acceptors (Lipinski definition) is 7. The van der Waals surface area contributed by atoms with E-state index in [2.05, 4.69) is 9.97 Å². The summed E-state index contributed by atoms with van der Waals surface area (Å²) in [5.74, 6) is -0.433. The third-order valence-corrected chi connectivity index (χ3v) is 7.26. The Morgan fingerprint density at radius 3 is 2.42 bits per heavy atom. The van der Waals surface area contributed by atoms with Crippen LogP contribution in [0.25, 0.3) is 10.9 Å². The highest BCUT2D eigenvalue weighted by molar-refractivity contribution is 7.89. The van der Waals surface area contributed by atoms with E-state index in [4.69, 9.17) is 9.47 Å². The zero-order chi connectivity index (χ0) is 23.8. The minimum absolute atomic E-state index is 0.0916. The van der Waals surface area contributed by atoms with Gasteiger partial charge >= 0.3 is 5.97 Å². The Morgan fingerprint density at radius 1 is 1.12 bits per heavy atom. The van der Waals surface area contributed by atoms with Crippen LogP contribution in [0, 0.1) is 0 Å². The fourth-order valence-electron chi connectivity index (χ4n) is 3.82. The van der Waals surface area contributed by atoms with Gasteiger partial charge in [0.15, 0.2) is 11.9 Å². The second kappa shape index (κ2) is 9.05. The number of H-pyrrole nitrogens is 1. The lowest BCUT2D eigenvalue weighted by molar-refractivity contribution is -0.0440. The summed E-state index contributed by atoms with van der Waals surface area (Å²) in [6.45, 7) is 5.80. The van der Waals surface area contributed by atoms with Gasteiger partial charge in [-0.15, -0.1) is 0 Å². The van der Waals surface area contributed by atoms with Crippen molar-refractivity contribution in [1.82, 2.24) is 14.3 Å². The molecule has 3 aromatic rings. The van der Waals surface area contributed by atoms with Crippen LogP contribution >= 0.6 is 0 Å². The van der Waals surface area contributed by atoms with Crippen molar-refractivity contribution in [1.29, 1.82) is 0 Å². The van der Waals surface area contributed by atoms with E-state index in [1.807, 2.05) is 13.8 Å². The van der Waals surface area contributed by atoms with Crippen LogP contribution in [0.2, 0.25) is 0 Å². The van der Waals surface area contributed by atoms with Crippen molar-refractivity contribution in [2.24, 2.45) is 0 Å². The predicted molar refractivity (Wildman–Crippen MR) is 121 cm³/mol. The lowest BCUT2D eigenvalue weighted by Gasteiger charge is -2.34. The molecule has 0 radical (unpaired) electrons.